The van der Waals surface area contributed by atoms with E-state index >= 15 is 0 Å². The highest BCUT2D eigenvalue weighted by molar-refractivity contribution is 7.99. The predicted octanol–water partition coefficient (Wildman–Crippen LogP) is 3.92. The summed E-state index contributed by atoms with van der Waals surface area (Å²) < 4.78 is 13.0. The van der Waals surface area contributed by atoms with Crippen LogP contribution in [0.1, 0.15) is 38.8 Å². The maximum Gasteiger partial charge on any atom is 0.227 e. The third-order valence-corrected chi connectivity index (χ3v) is 6.05. The predicted molar refractivity (Wildman–Crippen MR) is 113 cm³/mol. The van der Waals surface area contributed by atoms with Crippen LogP contribution >= 0.6 is 11.8 Å². The van der Waals surface area contributed by atoms with E-state index < -0.39 is 0 Å². The van der Waals surface area contributed by atoms with Gasteiger partial charge in [0.1, 0.15) is 5.78 Å². The smallest absolute Gasteiger partial charge is 0.227 e. The van der Waals surface area contributed by atoms with Crippen LogP contribution in [-0.4, -0.2) is 40.5 Å². The monoisotopic (exact) mass is 414 g/mol. The lowest BCUT2D eigenvalue weighted by atomic mass is 9.72. The summed E-state index contributed by atoms with van der Waals surface area (Å²) >= 11 is 1.57. The largest absolute Gasteiger partial charge is 0.493 e. The molecule has 1 aliphatic carbocycles. The van der Waals surface area contributed by atoms with Gasteiger partial charge in [-0.05, 0) is 17.2 Å². The molecule has 29 heavy (non-hydrogen) atoms. The van der Waals surface area contributed by atoms with Crippen molar-refractivity contribution in [3.05, 3.63) is 35.5 Å². The lowest BCUT2D eigenvalue weighted by molar-refractivity contribution is -0.125. The number of anilines is 1. The molecule has 8 heteroatoms. The number of rotatable bonds is 5. The zero-order chi connectivity index (χ0) is 20.8. The Morgan fingerprint density at radius 1 is 1.31 bits per heavy atom. The summed E-state index contributed by atoms with van der Waals surface area (Å²) in [6.45, 7) is 6.22. The Bertz CT molecular complexity index is 982. The summed E-state index contributed by atoms with van der Waals surface area (Å²) in [6, 6.07) is 5.38. The number of para-hydroxylation sites is 1. The maximum absolute atomic E-state index is 13.3. The fourth-order valence-corrected chi connectivity index (χ4v) is 4.81. The molecule has 0 unspecified atom stereocenters. The standard InChI is InChI=1S/C21H26N4O3S/c1-6-29-20-23-19-22-13-10-21(2,3)11-14(26)16(13)17(25(19)24-20)12-8-7-9-15(27-4)18(12)28-5/h7-10,16-17H,6,11H2,1-5H3,(H,22,23,24)/t16-,17-/m1/s1. The molecular formula is C21H26N4O3S. The Morgan fingerprint density at radius 2 is 2.10 bits per heavy atom. The van der Waals surface area contributed by atoms with Gasteiger partial charge in [0.25, 0.3) is 0 Å². The van der Waals surface area contributed by atoms with Gasteiger partial charge >= 0.3 is 0 Å². The maximum atomic E-state index is 13.3. The number of fused-ring (bicyclic) bond motifs is 2. The number of benzene rings is 1. The number of Topliss-reactive ketones (excluding diaryl/α,β-unsaturated/α-hetero) is 1. The van der Waals surface area contributed by atoms with Gasteiger partial charge in [0.05, 0.1) is 26.2 Å². The lowest BCUT2D eigenvalue weighted by Crippen LogP contribution is -2.42. The number of allylic oxidation sites excluding steroid dienone is 2. The number of nitrogens with zero attached hydrogens (tertiary/aromatic N) is 3. The number of ether oxygens (including phenoxy) is 2. The molecule has 1 aliphatic heterocycles. The van der Waals surface area contributed by atoms with Crippen LogP contribution in [0.15, 0.2) is 35.1 Å². The fourth-order valence-electron chi connectivity index (χ4n) is 4.25. The van der Waals surface area contributed by atoms with Crippen molar-refractivity contribution in [1.82, 2.24) is 14.8 Å². The molecule has 2 heterocycles. The van der Waals surface area contributed by atoms with E-state index in [0.29, 0.717) is 29.0 Å². The van der Waals surface area contributed by atoms with Crippen LogP contribution in [0.2, 0.25) is 0 Å². The Morgan fingerprint density at radius 3 is 2.79 bits per heavy atom. The average molecular weight is 415 g/mol. The van der Waals surface area contributed by atoms with E-state index in [4.69, 9.17) is 14.6 Å². The molecule has 0 bridgehead atoms. The van der Waals surface area contributed by atoms with Gasteiger partial charge in [-0.3, -0.25) is 4.79 Å². The number of carbonyl (C=O) groups is 1. The molecule has 4 rings (SSSR count). The summed E-state index contributed by atoms with van der Waals surface area (Å²) in [7, 11) is 3.23. The third-order valence-electron chi connectivity index (χ3n) is 5.33. The average Bonchev–Trinajstić information content (AvgIpc) is 3.06. The molecule has 2 aromatic rings. The molecule has 7 nitrogen and oxygen atoms in total. The molecule has 154 valence electrons. The van der Waals surface area contributed by atoms with Crippen LogP contribution in [0.3, 0.4) is 0 Å². The minimum atomic E-state index is -0.377. The molecule has 1 aromatic heterocycles. The molecule has 0 spiro atoms. The first-order valence-corrected chi connectivity index (χ1v) is 10.7. The van der Waals surface area contributed by atoms with Crippen molar-refractivity contribution in [2.24, 2.45) is 11.3 Å². The number of hydrogen-bond acceptors (Lipinski definition) is 7. The fraction of sp³-hybridized carbons (Fsp3) is 0.476. The van der Waals surface area contributed by atoms with Gasteiger partial charge < -0.3 is 14.8 Å². The summed E-state index contributed by atoms with van der Waals surface area (Å²) in [6.07, 6.45) is 2.63. The first-order valence-electron chi connectivity index (χ1n) is 9.71. The summed E-state index contributed by atoms with van der Waals surface area (Å²) in [5.74, 6) is 2.56. The number of aromatic nitrogens is 3. The van der Waals surface area contributed by atoms with Gasteiger partial charge in [-0.2, -0.15) is 4.98 Å². The Balaban J connectivity index is 1.94. The molecule has 1 aromatic carbocycles. The van der Waals surface area contributed by atoms with E-state index in [-0.39, 0.29) is 23.2 Å². The first kappa shape index (κ1) is 19.8. The van der Waals surface area contributed by atoms with Gasteiger partial charge in [-0.15, -0.1) is 5.10 Å². The van der Waals surface area contributed by atoms with Crippen LogP contribution in [0.4, 0.5) is 5.95 Å². The molecular weight excluding hydrogens is 388 g/mol. The Labute approximate surface area is 174 Å². The van der Waals surface area contributed by atoms with E-state index in [1.54, 1.807) is 26.0 Å². The van der Waals surface area contributed by atoms with Gasteiger partial charge in [0, 0.05) is 17.7 Å². The lowest BCUT2D eigenvalue weighted by Gasteiger charge is -2.40. The molecule has 2 aliphatic rings. The number of hydrogen-bond donors (Lipinski definition) is 1. The van der Waals surface area contributed by atoms with Crippen LogP contribution in [0.25, 0.3) is 0 Å². The number of thioether (sulfide) groups is 1. The Kier molecular flexibility index (Phi) is 5.06. The van der Waals surface area contributed by atoms with Gasteiger partial charge in [0.15, 0.2) is 11.5 Å². The second kappa shape index (κ2) is 7.40. The van der Waals surface area contributed by atoms with E-state index in [1.807, 2.05) is 22.9 Å². The molecule has 2 atom stereocenters. The number of nitrogens with one attached hydrogen (secondary N) is 1. The number of ketones is 1. The molecule has 0 saturated heterocycles. The van der Waals surface area contributed by atoms with Crippen molar-refractivity contribution in [2.45, 2.75) is 38.4 Å². The van der Waals surface area contributed by atoms with E-state index in [9.17, 15) is 4.79 Å². The van der Waals surface area contributed by atoms with Gasteiger partial charge in [-0.1, -0.05) is 50.7 Å². The van der Waals surface area contributed by atoms with Crippen molar-refractivity contribution in [1.29, 1.82) is 0 Å². The van der Waals surface area contributed by atoms with Gasteiger partial charge in [0.2, 0.25) is 11.1 Å². The highest BCUT2D eigenvalue weighted by Crippen LogP contribution is 2.48. The quantitative estimate of drug-likeness (QED) is 0.743. The SMILES string of the molecule is CCSc1nc2n(n1)[C@H](c1cccc(OC)c1OC)[C@H]1C(=O)CC(C)(C)C=C1N2. The zero-order valence-corrected chi connectivity index (χ0v) is 18.2. The van der Waals surface area contributed by atoms with Crippen LogP contribution in [0, 0.1) is 11.3 Å². The van der Waals surface area contributed by atoms with Crippen LogP contribution < -0.4 is 14.8 Å². The zero-order valence-electron chi connectivity index (χ0n) is 17.4. The van der Waals surface area contributed by atoms with Crippen molar-refractivity contribution < 1.29 is 14.3 Å². The van der Waals surface area contributed by atoms with Crippen molar-refractivity contribution >= 4 is 23.5 Å². The highest BCUT2D eigenvalue weighted by Gasteiger charge is 2.46. The summed E-state index contributed by atoms with van der Waals surface area (Å²) in [5.41, 5.74) is 1.54. The third kappa shape index (κ3) is 3.39. The van der Waals surface area contributed by atoms with Gasteiger partial charge in [-0.25, -0.2) is 4.68 Å². The first-order chi connectivity index (χ1) is 13.9. The van der Waals surface area contributed by atoms with Crippen molar-refractivity contribution in [3.8, 4) is 11.5 Å². The van der Waals surface area contributed by atoms with Crippen molar-refractivity contribution in [3.63, 3.8) is 0 Å². The molecule has 0 saturated carbocycles. The van der Waals surface area contributed by atoms with E-state index in [0.717, 1.165) is 17.0 Å². The molecule has 1 N–H and O–H groups in total. The minimum absolute atomic E-state index is 0.181. The second-order valence-electron chi connectivity index (χ2n) is 7.96. The normalized spacial score (nSPS) is 22.2. The summed E-state index contributed by atoms with van der Waals surface area (Å²) in [5, 5.41) is 8.78. The van der Waals surface area contributed by atoms with Crippen LogP contribution in [0.5, 0.6) is 11.5 Å². The topological polar surface area (TPSA) is 78.3 Å². The number of carbonyl (C=O) groups excluding carboxylic acids is 1. The van der Waals surface area contributed by atoms with Crippen molar-refractivity contribution in [2.75, 3.05) is 25.3 Å². The Hall–Kier alpha value is -2.48. The summed E-state index contributed by atoms with van der Waals surface area (Å²) in [4.78, 5) is 18.0. The molecule has 0 radical (unpaired) electrons. The number of methoxy groups -OCH3 is 2. The molecule has 0 fully saturated rings. The van der Waals surface area contributed by atoms with E-state index in [1.165, 1.54) is 0 Å². The molecule has 0 amide bonds. The minimum Gasteiger partial charge on any atom is -0.493 e. The highest BCUT2D eigenvalue weighted by atomic mass is 32.2. The van der Waals surface area contributed by atoms with E-state index in [2.05, 4.69) is 37.1 Å². The van der Waals surface area contributed by atoms with Crippen LogP contribution in [-0.2, 0) is 4.79 Å². The second-order valence-corrected chi connectivity index (χ2v) is 9.19.